The third-order valence-corrected chi connectivity index (χ3v) is 2.43. The number of nitrogens with one attached hydrogen (secondary N) is 1. The van der Waals surface area contributed by atoms with E-state index in [1.807, 2.05) is 0 Å². The molecule has 0 saturated carbocycles. The molecule has 1 saturated heterocycles. The lowest BCUT2D eigenvalue weighted by Gasteiger charge is -2.08. The lowest BCUT2D eigenvalue weighted by atomic mass is 10.1. The minimum atomic E-state index is -2.60. The summed E-state index contributed by atoms with van der Waals surface area (Å²) in [7, 11) is 0. The van der Waals surface area contributed by atoms with Crippen molar-refractivity contribution in [3.8, 4) is 5.75 Å². The highest BCUT2D eigenvalue weighted by molar-refractivity contribution is 5.11. The summed E-state index contributed by atoms with van der Waals surface area (Å²) >= 11 is 0. The summed E-state index contributed by atoms with van der Waals surface area (Å²) in [6, 6.07) is 0. The normalized spacial score (nSPS) is 21.1. The second-order valence-corrected chi connectivity index (χ2v) is 3.60. The smallest absolute Gasteiger partial charge is 0.333 e. The summed E-state index contributed by atoms with van der Waals surface area (Å²) in [5.74, 6) is 0.877. The molecule has 0 aromatic carbocycles. The molecule has 2 rings (SSSR count). The van der Waals surface area contributed by atoms with Crippen LogP contribution in [-0.2, 0) is 0 Å². The molecule has 1 aliphatic rings. The van der Waals surface area contributed by atoms with E-state index in [0.29, 0.717) is 23.0 Å². The molecule has 1 N–H and O–H groups in total. The van der Waals surface area contributed by atoms with Crippen LogP contribution in [0, 0.1) is 5.92 Å². The van der Waals surface area contributed by atoms with E-state index in [-0.39, 0.29) is 0 Å². The van der Waals surface area contributed by atoms with Crippen molar-refractivity contribution in [1.82, 2.24) is 15.1 Å². The molecule has 15 heavy (non-hydrogen) atoms. The van der Waals surface area contributed by atoms with Crippen molar-refractivity contribution >= 4 is 0 Å². The van der Waals surface area contributed by atoms with E-state index in [4.69, 9.17) is 4.74 Å². The Hall–Kier alpha value is -1.17. The second-order valence-electron chi connectivity index (χ2n) is 3.60. The maximum absolute atomic E-state index is 12.2. The van der Waals surface area contributed by atoms with Gasteiger partial charge in [-0.1, -0.05) is 0 Å². The van der Waals surface area contributed by atoms with Crippen LogP contribution in [0.4, 0.5) is 8.78 Å². The van der Waals surface area contributed by atoms with Crippen molar-refractivity contribution in [2.45, 2.75) is 13.0 Å². The SMILES string of the molecule is FC(F)n1cc(OCC2CCNC2)cn1. The molecule has 0 spiro atoms. The lowest BCUT2D eigenvalue weighted by Crippen LogP contribution is -2.15. The summed E-state index contributed by atoms with van der Waals surface area (Å²) in [6.07, 6.45) is 3.60. The zero-order valence-electron chi connectivity index (χ0n) is 8.20. The molecule has 6 heteroatoms. The molecule has 1 aromatic rings. The Bertz CT molecular complexity index is 310. The Morgan fingerprint density at radius 1 is 1.67 bits per heavy atom. The minimum Gasteiger partial charge on any atom is -0.490 e. The highest BCUT2D eigenvalue weighted by atomic mass is 19.3. The Kier molecular flexibility index (Phi) is 3.15. The number of aromatic nitrogens is 2. The topological polar surface area (TPSA) is 39.1 Å². The predicted octanol–water partition coefficient (Wildman–Crippen LogP) is 1.27. The highest BCUT2D eigenvalue weighted by Gasteiger charge is 2.15. The van der Waals surface area contributed by atoms with Gasteiger partial charge >= 0.3 is 6.55 Å². The Morgan fingerprint density at radius 2 is 2.53 bits per heavy atom. The van der Waals surface area contributed by atoms with Crippen LogP contribution in [0.1, 0.15) is 13.0 Å². The molecule has 1 unspecified atom stereocenters. The fourth-order valence-corrected chi connectivity index (χ4v) is 1.57. The summed E-state index contributed by atoms with van der Waals surface area (Å²) in [6.45, 7) is -0.106. The van der Waals surface area contributed by atoms with Crippen molar-refractivity contribution < 1.29 is 13.5 Å². The summed E-state index contributed by atoms with van der Waals surface area (Å²) in [4.78, 5) is 0. The van der Waals surface area contributed by atoms with Gasteiger partial charge < -0.3 is 10.1 Å². The van der Waals surface area contributed by atoms with Crippen molar-refractivity contribution in [3.63, 3.8) is 0 Å². The number of ether oxygens (including phenoxy) is 1. The van der Waals surface area contributed by atoms with E-state index >= 15 is 0 Å². The van der Waals surface area contributed by atoms with Crippen molar-refractivity contribution in [1.29, 1.82) is 0 Å². The number of halogens is 2. The van der Waals surface area contributed by atoms with Gasteiger partial charge in [-0.2, -0.15) is 13.9 Å². The molecule has 1 aliphatic heterocycles. The van der Waals surface area contributed by atoms with E-state index in [1.54, 1.807) is 0 Å². The second kappa shape index (κ2) is 4.57. The summed E-state index contributed by atoms with van der Waals surface area (Å²) < 4.78 is 30.3. The maximum atomic E-state index is 12.2. The number of rotatable bonds is 4. The third kappa shape index (κ3) is 2.65. The Labute approximate surface area is 86.2 Å². The molecule has 84 valence electrons. The predicted molar refractivity (Wildman–Crippen MR) is 50.0 cm³/mol. The van der Waals surface area contributed by atoms with E-state index in [9.17, 15) is 8.78 Å². The number of hydrogen-bond donors (Lipinski definition) is 1. The van der Waals surface area contributed by atoms with Crippen molar-refractivity contribution in [3.05, 3.63) is 12.4 Å². The monoisotopic (exact) mass is 217 g/mol. The van der Waals surface area contributed by atoms with Crippen LogP contribution in [0.3, 0.4) is 0 Å². The first kappa shape index (κ1) is 10.4. The molecule has 1 aromatic heterocycles. The molecular weight excluding hydrogens is 204 g/mol. The van der Waals surface area contributed by atoms with E-state index < -0.39 is 6.55 Å². The average molecular weight is 217 g/mol. The number of nitrogens with zero attached hydrogens (tertiary/aromatic N) is 2. The molecule has 4 nitrogen and oxygen atoms in total. The van der Waals surface area contributed by atoms with Gasteiger partial charge in [0.05, 0.1) is 19.0 Å². The third-order valence-electron chi connectivity index (χ3n) is 2.43. The van der Waals surface area contributed by atoms with Gasteiger partial charge in [0.15, 0.2) is 5.75 Å². The average Bonchev–Trinajstić information content (AvgIpc) is 2.86. The van der Waals surface area contributed by atoms with Gasteiger partial charge in [0.1, 0.15) is 0 Å². The molecule has 0 aliphatic carbocycles. The minimum absolute atomic E-state index is 0.405. The van der Waals surface area contributed by atoms with Crippen molar-refractivity contribution in [2.24, 2.45) is 5.92 Å². The molecule has 1 atom stereocenters. The van der Waals surface area contributed by atoms with Gasteiger partial charge in [-0.05, 0) is 13.0 Å². The van der Waals surface area contributed by atoms with Gasteiger partial charge in [0, 0.05) is 12.5 Å². The zero-order valence-corrected chi connectivity index (χ0v) is 8.20. The van der Waals surface area contributed by atoms with Gasteiger partial charge in [-0.15, -0.1) is 0 Å². The van der Waals surface area contributed by atoms with Crippen LogP contribution >= 0.6 is 0 Å². The molecular formula is C9H13F2N3O. The fraction of sp³-hybridized carbons (Fsp3) is 0.667. The fourth-order valence-electron chi connectivity index (χ4n) is 1.57. The van der Waals surface area contributed by atoms with Crippen LogP contribution in [0.2, 0.25) is 0 Å². The molecule has 0 bridgehead atoms. The standard InChI is InChI=1S/C9H13F2N3O/c10-9(11)14-5-8(4-13-14)15-6-7-1-2-12-3-7/h4-5,7,9,12H,1-3,6H2. The van der Waals surface area contributed by atoms with Gasteiger partial charge in [-0.3, -0.25) is 0 Å². The van der Waals surface area contributed by atoms with E-state index in [2.05, 4.69) is 10.4 Å². The molecule has 2 heterocycles. The quantitative estimate of drug-likeness (QED) is 0.825. The number of hydrogen-bond acceptors (Lipinski definition) is 3. The summed E-state index contributed by atoms with van der Waals surface area (Å²) in [5.41, 5.74) is 0. The zero-order chi connectivity index (χ0) is 10.7. The van der Waals surface area contributed by atoms with Crippen LogP contribution in [-0.4, -0.2) is 29.5 Å². The van der Waals surface area contributed by atoms with Crippen LogP contribution in [0.15, 0.2) is 12.4 Å². The lowest BCUT2D eigenvalue weighted by molar-refractivity contribution is 0.0562. The number of alkyl halides is 2. The van der Waals surface area contributed by atoms with Gasteiger partial charge in [0.2, 0.25) is 0 Å². The first-order chi connectivity index (χ1) is 7.25. The molecule has 1 fully saturated rings. The Morgan fingerprint density at radius 3 is 3.13 bits per heavy atom. The Balaban J connectivity index is 1.82. The van der Waals surface area contributed by atoms with Gasteiger partial charge in [0.25, 0.3) is 0 Å². The molecule has 0 amide bonds. The van der Waals surface area contributed by atoms with E-state index in [1.165, 1.54) is 12.4 Å². The molecule has 0 radical (unpaired) electrons. The first-order valence-electron chi connectivity index (χ1n) is 4.91. The highest BCUT2D eigenvalue weighted by Crippen LogP contribution is 2.16. The van der Waals surface area contributed by atoms with Gasteiger partial charge in [-0.25, -0.2) is 4.68 Å². The summed E-state index contributed by atoms with van der Waals surface area (Å²) in [5, 5.41) is 6.70. The maximum Gasteiger partial charge on any atom is 0.333 e. The first-order valence-corrected chi connectivity index (χ1v) is 4.91. The van der Waals surface area contributed by atoms with Crippen LogP contribution < -0.4 is 10.1 Å². The van der Waals surface area contributed by atoms with Crippen LogP contribution in [0.5, 0.6) is 5.75 Å². The van der Waals surface area contributed by atoms with Crippen molar-refractivity contribution in [2.75, 3.05) is 19.7 Å². The van der Waals surface area contributed by atoms with Crippen LogP contribution in [0.25, 0.3) is 0 Å². The largest absolute Gasteiger partial charge is 0.490 e. The van der Waals surface area contributed by atoms with E-state index in [0.717, 1.165) is 19.5 Å².